The molecule has 20 heavy (non-hydrogen) atoms. The third kappa shape index (κ3) is 3.74. The van der Waals surface area contributed by atoms with E-state index in [0.29, 0.717) is 0 Å². The van der Waals surface area contributed by atoms with E-state index in [-0.39, 0.29) is 5.69 Å². The van der Waals surface area contributed by atoms with Gasteiger partial charge in [0.05, 0.1) is 12.0 Å². The average molecular weight is 354 g/mol. The van der Waals surface area contributed by atoms with Gasteiger partial charge in [-0.3, -0.25) is 10.1 Å². The van der Waals surface area contributed by atoms with Crippen molar-refractivity contribution in [3.8, 4) is 5.75 Å². The molecule has 0 unspecified atom stereocenters. The van der Waals surface area contributed by atoms with Crippen molar-refractivity contribution in [3.05, 3.63) is 62.6 Å². The van der Waals surface area contributed by atoms with E-state index in [1.54, 1.807) is 31.0 Å². The molecule has 2 aromatic carbocycles. The maximum atomic E-state index is 10.6. The van der Waals surface area contributed by atoms with E-state index in [4.69, 9.17) is 4.74 Å². The predicted octanol–water partition coefficient (Wildman–Crippen LogP) is 4.66. The first kappa shape index (κ1) is 14.9. The predicted molar refractivity (Wildman–Crippen MR) is 83.4 cm³/mol. The molecule has 0 atom stereocenters. The van der Waals surface area contributed by atoms with Crippen LogP contribution in [-0.4, -0.2) is 12.0 Å². The fourth-order valence-electron chi connectivity index (χ4n) is 1.61. The fraction of sp³-hybridized carbons (Fsp3) is 0.143. The van der Waals surface area contributed by atoms with E-state index in [1.165, 1.54) is 12.1 Å². The van der Waals surface area contributed by atoms with Gasteiger partial charge in [-0.2, -0.15) is 0 Å². The van der Waals surface area contributed by atoms with Crippen LogP contribution in [0.25, 0.3) is 0 Å². The monoisotopic (exact) mass is 353 g/mol. The van der Waals surface area contributed by atoms with Crippen molar-refractivity contribution in [1.29, 1.82) is 0 Å². The van der Waals surface area contributed by atoms with Crippen molar-refractivity contribution < 1.29 is 9.66 Å². The molecular weight excluding hydrogens is 342 g/mol. The molecule has 0 aromatic heterocycles. The summed E-state index contributed by atoms with van der Waals surface area (Å²) in [4.78, 5) is 11.2. The van der Waals surface area contributed by atoms with Crippen LogP contribution in [-0.2, 0) is 5.75 Å². The maximum absolute atomic E-state index is 10.6. The number of non-ortho nitro benzene ring substituents is 1. The zero-order valence-electron chi connectivity index (χ0n) is 10.7. The number of methoxy groups -OCH3 is 1. The number of nitro groups is 1. The topological polar surface area (TPSA) is 52.4 Å². The Kier molecular flexibility index (Phi) is 5.03. The van der Waals surface area contributed by atoms with Crippen LogP contribution >= 0.6 is 27.7 Å². The largest absolute Gasteiger partial charge is 0.497 e. The summed E-state index contributed by atoms with van der Waals surface area (Å²) in [5.74, 6) is 1.57. The Morgan fingerprint density at radius 3 is 2.55 bits per heavy atom. The Hall–Kier alpha value is -1.53. The van der Waals surface area contributed by atoms with Gasteiger partial charge in [0.2, 0.25) is 0 Å². The Bertz CT molecular complexity index is 616. The molecular formula is C14H12BrNO3S. The van der Waals surface area contributed by atoms with E-state index >= 15 is 0 Å². The van der Waals surface area contributed by atoms with Gasteiger partial charge in [0.15, 0.2) is 0 Å². The molecule has 0 saturated heterocycles. The summed E-state index contributed by atoms with van der Waals surface area (Å²) in [7, 11) is 1.64. The number of rotatable bonds is 5. The lowest BCUT2D eigenvalue weighted by Gasteiger charge is -2.07. The highest BCUT2D eigenvalue weighted by molar-refractivity contribution is 9.10. The number of halogens is 1. The fourth-order valence-corrected chi connectivity index (χ4v) is 3.08. The van der Waals surface area contributed by atoms with Crippen molar-refractivity contribution in [2.24, 2.45) is 0 Å². The molecule has 0 aliphatic carbocycles. The summed E-state index contributed by atoms with van der Waals surface area (Å²) in [5.41, 5.74) is 1.23. The highest BCUT2D eigenvalue weighted by atomic mass is 79.9. The normalized spacial score (nSPS) is 10.3. The van der Waals surface area contributed by atoms with Crippen LogP contribution in [0.4, 0.5) is 5.69 Å². The van der Waals surface area contributed by atoms with E-state index in [2.05, 4.69) is 15.9 Å². The van der Waals surface area contributed by atoms with E-state index in [0.717, 1.165) is 26.4 Å². The summed E-state index contributed by atoms with van der Waals surface area (Å²) in [5, 5.41) is 10.6. The standard InChI is InChI=1S/C14H12BrNO3S/c1-19-12-4-7-14(15)10(8-12)9-20-13-5-2-11(3-6-13)16(17)18/h2-8H,9H2,1H3. The van der Waals surface area contributed by atoms with E-state index in [9.17, 15) is 10.1 Å². The lowest BCUT2D eigenvalue weighted by atomic mass is 10.2. The zero-order chi connectivity index (χ0) is 14.5. The second kappa shape index (κ2) is 6.76. The number of nitro benzene ring substituents is 1. The number of thioether (sulfide) groups is 1. The summed E-state index contributed by atoms with van der Waals surface area (Å²) in [6.07, 6.45) is 0. The minimum atomic E-state index is -0.396. The first-order valence-electron chi connectivity index (χ1n) is 5.80. The van der Waals surface area contributed by atoms with Crippen LogP contribution in [0.3, 0.4) is 0 Å². The molecule has 2 aromatic rings. The highest BCUT2D eigenvalue weighted by Gasteiger charge is 2.06. The molecule has 0 spiro atoms. The van der Waals surface area contributed by atoms with Crippen LogP contribution < -0.4 is 4.74 Å². The minimum Gasteiger partial charge on any atom is -0.497 e. The molecule has 2 rings (SSSR count). The molecule has 0 amide bonds. The Morgan fingerprint density at radius 2 is 1.95 bits per heavy atom. The molecule has 0 bridgehead atoms. The molecule has 0 radical (unpaired) electrons. The van der Waals surface area contributed by atoms with Gasteiger partial charge >= 0.3 is 0 Å². The quantitative estimate of drug-likeness (QED) is 0.445. The third-order valence-electron chi connectivity index (χ3n) is 2.69. The molecule has 4 nitrogen and oxygen atoms in total. The number of hydrogen-bond acceptors (Lipinski definition) is 4. The van der Waals surface area contributed by atoms with Gasteiger partial charge in [-0.15, -0.1) is 11.8 Å². The van der Waals surface area contributed by atoms with Gasteiger partial charge in [-0.05, 0) is 35.9 Å². The number of ether oxygens (including phenoxy) is 1. The lowest BCUT2D eigenvalue weighted by molar-refractivity contribution is -0.384. The summed E-state index contributed by atoms with van der Waals surface area (Å²) in [6.45, 7) is 0. The molecule has 0 fully saturated rings. The molecule has 6 heteroatoms. The van der Waals surface area contributed by atoms with Crippen molar-refractivity contribution in [2.75, 3.05) is 7.11 Å². The van der Waals surface area contributed by atoms with Crippen LogP contribution in [0.1, 0.15) is 5.56 Å². The lowest BCUT2D eigenvalue weighted by Crippen LogP contribution is -1.88. The van der Waals surface area contributed by atoms with Crippen molar-refractivity contribution in [2.45, 2.75) is 10.6 Å². The number of hydrogen-bond donors (Lipinski definition) is 0. The molecule has 0 saturated carbocycles. The smallest absolute Gasteiger partial charge is 0.269 e. The zero-order valence-corrected chi connectivity index (χ0v) is 13.1. The number of nitrogens with zero attached hydrogens (tertiary/aromatic N) is 1. The van der Waals surface area contributed by atoms with Crippen molar-refractivity contribution in [1.82, 2.24) is 0 Å². The summed E-state index contributed by atoms with van der Waals surface area (Å²) >= 11 is 5.12. The van der Waals surface area contributed by atoms with Gasteiger partial charge in [-0.1, -0.05) is 15.9 Å². The summed E-state index contributed by atoms with van der Waals surface area (Å²) < 4.78 is 6.22. The third-order valence-corrected chi connectivity index (χ3v) is 4.53. The van der Waals surface area contributed by atoms with Crippen LogP contribution in [0.2, 0.25) is 0 Å². The molecule has 0 heterocycles. The first-order chi connectivity index (χ1) is 9.60. The number of benzene rings is 2. The Labute approximate surface area is 129 Å². The maximum Gasteiger partial charge on any atom is 0.269 e. The SMILES string of the molecule is COc1ccc(Br)c(CSc2ccc([N+](=O)[O-])cc2)c1. The van der Waals surface area contributed by atoms with Crippen LogP contribution in [0, 0.1) is 10.1 Å². The van der Waals surface area contributed by atoms with Crippen molar-refractivity contribution in [3.63, 3.8) is 0 Å². The van der Waals surface area contributed by atoms with E-state index in [1.807, 2.05) is 18.2 Å². The average Bonchev–Trinajstić information content (AvgIpc) is 2.47. The second-order valence-electron chi connectivity index (χ2n) is 4.00. The Morgan fingerprint density at radius 1 is 1.25 bits per heavy atom. The highest BCUT2D eigenvalue weighted by Crippen LogP contribution is 2.30. The van der Waals surface area contributed by atoms with Gasteiger partial charge in [0.1, 0.15) is 5.75 Å². The second-order valence-corrected chi connectivity index (χ2v) is 5.90. The van der Waals surface area contributed by atoms with Crippen LogP contribution in [0.5, 0.6) is 5.75 Å². The first-order valence-corrected chi connectivity index (χ1v) is 7.57. The molecule has 0 aliphatic rings. The summed E-state index contributed by atoms with van der Waals surface area (Å²) in [6, 6.07) is 12.4. The van der Waals surface area contributed by atoms with Crippen LogP contribution in [0.15, 0.2) is 51.8 Å². The van der Waals surface area contributed by atoms with Gasteiger partial charge in [-0.25, -0.2) is 0 Å². The van der Waals surface area contributed by atoms with E-state index < -0.39 is 4.92 Å². The molecule has 0 N–H and O–H groups in total. The van der Waals surface area contributed by atoms with Gasteiger partial charge in [0, 0.05) is 27.3 Å². The minimum absolute atomic E-state index is 0.108. The molecule has 104 valence electrons. The van der Waals surface area contributed by atoms with Crippen molar-refractivity contribution >= 4 is 33.4 Å². The van der Waals surface area contributed by atoms with Gasteiger partial charge < -0.3 is 4.74 Å². The van der Waals surface area contributed by atoms with Gasteiger partial charge in [0.25, 0.3) is 5.69 Å². The molecule has 0 aliphatic heterocycles. The Balaban J connectivity index is 2.06.